The lowest BCUT2D eigenvalue weighted by atomic mass is 10.0. The van der Waals surface area contributed by atoms with Crippen molar-refractivity contribution in [2.75, 3.05) is 20.7 Å². The molecule has 7 nitrogen and oxygen atoms in total. The number of likely N-dealkylation sites (tertiary alicyclic amines) is 1. The second kappa shape index (κ2) is 7.13. The Labute approximate surface area is 153 Å². The zero-order valence-electron chi connectivity index (χ0n) is 15.1. The van der Waals surface area contributed by atoms with Gasteiger partial charge in [-0.25, -0.2) is 13.1 Å². The molecule has 1 N–H and O–H groups in total. The van der Waals surface area contributed by atoms with Gasteiger partial charge in [-0.3, -0.25) is 4.79 Å². The first-order chi connectivity index (χ1) is 12.4. The second-order valence-corrected chi connectivity index (χ2v) is 8.20. The predicted molar refractivity (Wildman–Crippen MR) is 97.7 cm³/mol. The summed E-state index contributed by atoms with van der Waals surface area (Å²) >= 11 is 0. The van der Waals surface area contributed by atoms with Crippen LogP contribution in [0.15, 0.2) is 41.4 Å². The van der Waals surface area contributed by atoms with Crippen molar-refractivity contribution in [3.63, 3.8) is 0 Å². The molecule has 0 radical (unpaired) electrons. The van der Waals surface area contributed by atoms with Crippen molar-refractivity contribution in [3.05, 3.63) is 47.8 Å². The maximum absolute atomic E-state index is 13.1. The zero-order valence-corrected chi connectivity index (χ0v) is 15.9. The quantitative estimate of drug-likeness (QED) is 0.863. The van der Waals surface area contributed by atoms with Crippen LogP contribution in [0, 0.1) is 0 Å². The number of hydrogen-bond donors (Lipinski definition) is 1. The van der Waals surface area contributed by atoms with Crippen molar-refractivity contribution in [1.29, 1.82) is 0 Å². The summed E-state index contributed by atoms with van der Waals surface area (Å²) in [6.45, 7) is 0.639. The number of amides is 1. The van der Waals surface area contributed by atoms with Crippen LogP contribution in [-0.2, 0) is 17.1 Å². The minimum absolute atomic E-state index is 0.0446. The summed E-state index contributed by atoms with van der Waals surface area (Å²) in [4.78, 5) is 15.0. The largest absolute Gasteiger partial charge is 0.497 e. The number of methoxy groups -OCH3 is 1. The van der Waals surface area contributed by atoms with Gasteiger partial charge >= 0.3 is 0 Å². The molecule has 26 heavy (non-hydrogen) atoms. The standard InChI is InChI=1S/C18H23N3O4S/c1-19-26(23,24)15-11-17(20(2)12-15)18(22)21-9-5-8-16(21)13-6-4-7-14(10-13)25-3/h4,6-7,10-12,16,19H,5,8-9H2,1-3H3. The Bertz CT molecular complexity index is 920. The molecular formula is C18H23N3O4S. The van der Waals surface area contributed by atoms with Crippen molar-refractivity contribution in [2.24, 2.45) is 7.05 Å². The van der Waals surface area contributed by atoms with Gasteiger partial charge in [0.15, 0.2) is 0 Å². The van der Waals surface area contributed by atoms with Gasteiger partial charge in [0.2, 0.25) is 10.0 Å². The van der Waals surface area contributed by atoms with Gasteiger partial charge in [0.1, 0.15) is 16.3 Å². The van der Waals surface area contributed by atoms with Gasteiger partial charge in [-0.05, 0) is 43.7 Å². The van der Waals surface area contributed by atoms with E-state index in [0.717, 1.165) is 24.2 Å². The molecular weight excluding hydrogens is 354 g/mol. The third-order valence-electron chi connectivity index (χ3n) is 4.77. The van der Waals surface area contributed by atoms with Crippen LogP contribution in [0.4, 0.5) is 0 Å². The van der Waals surface area contributed by atoms with E-state index in [2.05, 4.69) is 4.72 Å². The van der Waals surface area contributed by atoms with Gasteiger partial charge in [0.05, 0.1) is 13.2 Å². The number of nitrogens with one attached hydrogen (secondary N) is 1. The number of rotatable bonds is 5. The lowest BCUT2D eigenvalue weighted by Crippen LogP contribution is -2.31. The Kier molecular flexibility index (Phi) is 5.06. The SMILES string of the molecule is CNS(=O)(=O)c1cc(C(=O)N2CCCC2c2cccc(OC)c2)n(C)c1. The molecule has 1 amide bonds. The zero-order chi connectivity index (χ0) is 18.9. The average Bonchev–Trinajstić information content (AvgIpc) is 3.28. The molecule has 0 bridgehead atoms. The Morgan fingerprint density at radius 1 is 1.31 bits per heavy atom. The lowest BCUT2D eigenvalue weighted by molar-refractivity contribution is 0.0725. The number of nitrogens with zero attached hydrogens (tertiary/aromatic N) is 2. The normalized spacial score (nSPS) is 17.5. The summed E-state index contributed by atoms with van der Waals surface area (Å²) in [7, 11) is 1.06. The Morgan fingerprint density at radius 3 is 2.77 bits per heavy atom. The maximum atomic E-state index is 13.1. The highest BCUT2D eigenvalue weighted by atomic mass is 32.2. The van der Waals surface area contributed by atoms with E-state index < -0.39 is 10.0 Å². The summed E-state index contributed by atoms with van der Waals surface area (Å²) < 4.78 is 33.1. The van der Waals surface area contributed by atoms with Gasteiger partial charge in [-0.1, -0.05) is 12.1 Å². The summed E-state index contributed by atoms with van der Waals surface area (Å²) in [6, 6.07) is 9.09. The monoisotopic (exact) mass is 377 g/mol. The molecule has 1 aliphatic rings. The predicted octanol–water partition coefficient (Wildman–Crippen LogP) is 1.92. The molecule has 1 aromatic heterocycles. The molecule has 0 aliphatic carbocycles. The Balaban J connectivity index is 1.92. The van der Waals surface area contributed by atoms with Crippen LogP contribution in [0.3, 0.4) is 0 Å². The molecule has 2 heterocycles. The first-order valence-electron chi connectivity index (χ1n) is 8.42. The van der Waals surface area contributed by atoms with E-state index in [4.69, 9.17) is 4.74 Å². The number of aromatic nitrogens is 1. The number of aryl methyl sites for hydroxylation is 1. The molecule has 2 aromatic rings. The molecule has 1 fully saturated rings. The summed E-state index contributed by atoms with van der Waals surface area (Å²) in [6.07, 6.45) is 3.22. The van der Waals surface area contributed by atoms with Crippen LogP contribution >= 0.6 is 0 Å². The van der Waals surface area contributed by atoms with Gasteiger partial charge in [-0.2, -0.15) is 0 Å². The number of benzene rings is 1. The van der Waals surface area contributed by atoms with E-state index in [1.807, 2.05) is 24.3 Å². The van der Waals surface area contributed by atoms with E-state index in [1.54, 1.807) is 23.6 Å². The number of hydrogen-bond acceptors (Lipinski definition) is 4. The van der Waals surface area contributed by atoms with Gasteiger partial charge in [0.25, 0.3) is 5.91 Å². The fourth-order valence-electron chi connectivity index (χ4n) is 3.36. The minimum atomic E-state index is -3.59. The molecule has 1 unspecified atom stereocenters. The van der Waals surface area contributed by atoms with Gasteiger partial charge in [0, 0.05) is 19.8 Å². The van der Waals surface area contributed by atoms with Crippen molar-refractivity contribution in [3.8, 4) is 5.75 Å². The van der Waals surface area contributed by atoms with Crippen molar-refractivity contribution >= 4 is 15.9 Å². The molecule has 0 saturated carbocycles. The molecule has 140 valence electrons. The first kappa shape index (κ1) is 18.5. The van der Waals surface area contributed by atoms with Gasteiger partial charge in [-0.15, -0.1) is 0 Å². The molecule has 1 aliphatic heterocycles. The maximum Gasteiger partial charge on any atom is 0.271 e. The van der Waals surface area contributed by atoms with Crippen LogP contribution in [0.25, 0.3) is 0 Å². The van der Waals surface area contributed by atoms with Gasteiger partial charge < -0.3 is 14.2 Å². The number of carbonyl (C=O) groups excluding carboxylic acids is 1. The smallest absolute Gasteiger partial charge is 0.271 e. The molecule has 3 rings (SSSR count). The highest BCUT2D eigenvalue weighted by Gasteiger charge is 2.32. The summed E-state index contributed by atoms with van der Waals surface area (Å²) in [5.74, 6) is 0.582. The second-order valence-electron chi connectivity index (χ2n) is 6.31. The molecule has 0 spiro atoms. The summed E-state index contributed by atoms with van der Waals surface area (Å²) in [5.41, 5.74) is 1.38. The highest BCUT2D eigenvalue weighted by Crippen LogP contribution is 2.34. The number of ether oxygens (including phenoxy) is 1. The van der Waals surface area contributed by atoms with Crippen molar-refractivity contribution in [2.45, 2.75) is 23.8 Å². The van der Waals surface area contributed by atoms with Crippen LogP contribution < -0.4 is 9.46 Å². The molecule has 1 aromatic carbocycles. The third-order valence-corrected chi connectivity index (χ3v) is 6.15. The van der Waals surface area contributed by atoms with Crippen molar-refractivity contribution in [1.82, 2.24) is 14.2 Å². The van der Waals surface area contributed by atoms with Crippen LogP contribution in [0.1, 0.15) is 34.9 Å². The highest BCUT2D eigenvalue weighted by molar-refractivity contribution is 7.89. The van der Waals surface area contributed by atoms with E-state index in [0.29, 0.717) is 12.2 Å². The lowest BCUT2D eigenvalue weighted by Gasteiger charge is -2.25. The fourth-order valence-corrected chi connectivity index (χ4v) is 4.16. The summed E-state index contributed by atoms with van der Waals surface area (Å²) in [5, 5.41) is 0. The van der Waals surface area contributed by atoms with Crippen LogP contribution in [0.5, 0.6) is 5.75 Å². The topological polar surface area (TPSA) is 80.6 Å². The van der Waals surface area contributed by atoms with E-state index in [9.17, 15) is 13.2 Å². The molecule has 1 atom stereocenters. The Morgan fingerprint density at radius 2 is 2.08 bits per heavy atom. The van der Waals surface area contributed by atoms with Crippen molar-refractivity contribution < 1.29 is 17.9 Å². The van der Waals surface area contributed by atoms with Crippen LogP contribution in [-0.4, -0.2) is 44.5 Å². The first-order valence-corrected chi connectivity index (χ1v) is 9.90. The number of sulfonamides is 1. The average molecular weight is 377 g/mol. The van der Waals surface area contributed by atoms with E-state index >= 15 is 0 Å². The minimum Gasteiger partial charge on any atom is -0.497 e. The van der Waals surface area contributed by atoms with E-state index in [-0.39, 0.29) is 16.8 Å². The third kappa shape index (κ3) is 3.34. The number of carbonyl (C=O) groups is 1. The Hall–Kier alpha value is -2.32. The van der Waals surface area contributed by atoms with Crippen LogP contribution in [0.2, 0.25) is 0 Å². The molecule has 8 heteroatoms. The fraction of sp³-hybridized carbons (Fsp3) is 0.389. The molecule has 1 saturated heterocycles. The van der Waals surface area contributed by atoms with E-state index in [1.165, 1.54) is 19.3 Å².